The van der Waals surface area contributed by atoms with Crippen LogP contribution in [-0.2, 0) is 10.0 Å². The second kappa shape index (κ2) is 5.70. The zero-order valence-corrected chi connectivity index (χ0v) is 14.4. The van der Waals surface area contributed by atoms with Crippen molar-refractivity contribution in [1.29, 1.82) is 0 Å². The third-order valence-electron chi connectivity index (χ3n) is 3.03. The van der Waals surface area contributed by atoms with Crippen molar-refractivity contribution in [3.05, 3.63) is 52.0 Å². The fraction of sp³-hybridized carbons (Fsp3) is 0.0714. The Labute approximate surface area is 141 Å². The lowest BCUT2D eigenvalue weighted by Crippen LogP contribution is -2.13. The number of rotatable bonds is 3. The van der Waals surface area contributed by atoms with Crippen LogP contribution in [-0.4, -0.2) is 13.4 Å². The van der Waals surface area contributed by atoms with Gasteiger partial charge in [-0.15, -0.1) is 0 Å². The van der Waals surface area contributed by atoms with E-state index in [0.717, 1.165) is 15.8 Å². The van der Waals surface area contributed by atoms with Gasteiger partial charge in [0.05, 0.1) is 15.2 Å². The van der Waals surface area contributed by atoms with Gasteiger partial charge in [0.15, 0.2) is 5.13 Å². The molecule has 0 saturated heterocycles. The van der Waals surface area contributed by atoms with Crippen LogP contribution in [0.25, 0.3) is 10.2 Å². The summed E-state index contributed by atoms with van der Waals surface area (Å²) in [4.78, 5) is 4.26. The van der Waals surface area contributed by atoms with E-state index in [1.807, 2.05) is 25.1 Å². The maximum absolute atomic E-state index is 12.4. The molecule has 0 fully saturated rings. The molecular formula is C14H10Cl2N2O2S2. The molecule has 0 aliphatic carbocycles. The van der Waals surface area contributed by atoms with Crippen molar-refractivity contribution in [3.8, 4) is 0 Å². The molecule has 4 nitrogen and oxygen atoms in total. The number of anilines is 1. The van der Waals surface area contributed by atoms with Crippen molar-refractivity contribution in [2.75, 3.05) is 4.72 Å². The molecular weight excluding hydrogens is 363 g/mol. The smallest absolute Gasteiger partial charge is 0.255 e. The third-order valence-corrected chi connectivity index (χ3v) is 6.15. The van der Waals surface area contributed by atoms with Gasteiger partial charge in [-0.1, -0.05) is 46.7 Å². The monoisotopic (exact) mass is 372 g/mol. The van der Waals surface area contributed by atoms with Gasteiger partial charge in [-0.3, -0.25) is 4.72 Å². The van der Waals surface area contributed by atoms with E-state index in [-0.39, 0.29) is 9.92 Å². The Morgan fingerprint density at radius 2 is 1.95 bits per heavy atom. The minimum absolute atomic E-state index is 0.0716. The van der Waals surface area contributed by atoms with Gasteiger partial charge in [-0.25, -0.2) is 13.4 Å². The number of fused-ring (bicyclic) bond motifs is 1. The molecule has 0 aliphatic heterocycles. The number of hydrogen-bond acceptors (Lipinski definition) is 4. The van der Waals surface area contributed by atoms with Gasteiger partial charge in [-0.05, 0) is 36.8 Å². The first-order valence-corrected chi connectivity index (χ1v) is 9.26. The Morgan fingerprint density at radius 3 is 2.68 bits per heavy atom. The quantitative estimate of drug-likeness (QED) is 0.723. The fourth-order valence-corrected chi connectivity index (χ4v) is 4.93. The number of benzene rings is 2. The minimum atomic E-state index is -3.85. The highest BCUT2D eigenvalue weighted by Crippen LogP contribution is 2.31. The number of halogens is 2. The Hall–Kier alpha value is -1.34. The van der Waals surface area contributed by atoms with Crippen LogP contribution in [0.2, 0.25) is 10.0 Å². The molecule has 0 saturated carbocycles. The first-order valence-electron chi connectivity index (χ1n) is 6.21. The van der Waals surface area contributed by atoms with Gasteiger partial charge in [0.25, 0.3) is 10.0 Å². The predicted molar refractivity (Wildman–Crippen MR) is 91.6 cm³/mol. The summed E-state index contributed by atoms with van der Waals surface area (Å²) in [7, 11) is -3.85. The average molecular weight is 373 g/mol. The number of sulfonamides is 1. The van der Waals surface area contributed by atoms with Crippen LogP contribution in [0.3, 0.4) is 0 Å². The van der Waals surface area contributed by atoms with Crippen molar-refractivity contribution in [1.82, 2.24) is 4.98 Å². The minimum Gasteiger partial charge on any atom is -0.255 e. The summed E-state index contributed by atoms with van der Waals surface area (Å²) in [5, 5.41) is 0.694. The first kappa shape index (κ1) is 15.6. The summed E-state index contributed by atoms with van der Waals surface area (Å²) < 4.78 is 28.3. The molecule has 114 valence electrons. The highest BCUT2D eigenvalue weighted by atomic mass is 35.5. The Balaban J connectivity index is 2.03. The molecule has 8 heteroatoms. The number of aryl methyl sites for hydroxylation is 1. The van der Waals surface area contributed by atoms with E-state index in [9.17, 15) is 8.42 Å². The normalized spacial score (nSPS) is 11.8. The van der Waals surface area contributed by atoms with E-state index in [4.69, 9.17) is 23.2 Å². The maximum Gasteiger partial charge on any atom is 0.265 e. The van der Waals surface area contributed by atoms with Gasteiger partial charge in [-0.2, -0.15) is 0 Å². The molecule has 3 aromatic rings. The van der Waals surface area contributed by atoms with Crippen molar-refractivity contribution in [2.24, 2.45) is 0 Å². The lowest BCUT2D eigenvalue weighted by atomic mass is 10.2. The molecule has 1 N–H and O–H groups in total. The van der Waals surface area contributed by atoms with E-state index < -0.39 is 10.0 Å². The summed E-state index contributed by atoms with van der Waals surface area (Å²) in [6, 6.07) is 10.0. The molecule has 22 heavy (non-hydrogen) atoms. The van der Waals surface area contributed by atoms with Crippen LogP contribution >= 0.6 is 34.5 Å². The largest absolute Gasteiger partial charge is 0.265 e. The van der Waals surface area contributed by atoms with E-state index in [2.05, 4.69) is 9.71 Å². The topological polar surface area (TPSA) is 59.1 Å². The zero-order chi connectivity index (χ0) is 15.9. The summed E-state index contributed by atoms with van der Waals surface area (Å²) >= 11 is 13.1. The molecule has 0 bridgehead atoms. The van der Waals surface area contributed by atoms with Crippen molar-refractivity contribution < 1.29 is 8.42 Å². The summed E-state index contributed by atoms with van der Waals surface area (Å²) in [5.74, 6) is 0. The number of nitrogens with one attached hydrogen (secondary N) is 1. The number of nitrogens with zero attached hydrogens (tertiary/aromatic N) is 1. The molecule has 0 radical (unpaired) electrons. The SMILES string of the molecule is Cc1cccc2sc(NS(=O)(=O)c3cc(Cl)ccc3Cl)nc12. The van der Waals surface area contributed by atoms with Crippen molar-refractivity contribution >= 4 is 59.9 Å². The molecule has 3 rings (SSSR count). The summed E-state index contributed by atoms with van der Waals surface area (Å²) in [5.41, 5.74) is 1.77. The van der Waals surface area contributed by atoms with Gasteiger partial charge in [0.1, 0.15) is 4.90 Å². The molecule has 0 amide bonds. The second-order valence-corrected chi connectivity index (χ2v) is 8.15. The van der Waals surface area contributed by atoms with E-state index in [1.165, 1.54) is 29.5 Å². The standard InChI is InChI=1S/C14H10Cl2N2O2S2/c1-8-3-2-4-11-13(8)17-14(21-11)18-22(19,20)12-7-9(15)5-6-10(12)16/h2-7H,1H3,(H,17,18). The number of aromatic nitrogens is 1. The molecule has 0 atom stereocenters. The van der Waals surface area contributed by atoms with Crippen LogP contribution in [0.5, 0.6) is 0 Å². The molecule has 0 aliphatic rings. The molecule has 0 spiro atoms. The lowest BCUT2D eigenvalue weighted by molar-refractivity contribution is 0.601. The van der Waals surface area contributed by atoms with Crippen LogP contribution in [0.1, 0.15) is 5.56 Å². The molecule has 1 heterocycles. The molecule has 2 aromatic carbocycles. The summed E-state index contributed by atoms with van der Waals surface area (Å²) in [6.45, 7) is 1.92. The van der Waals surface area contributed by atoms with E-state index in [1.54, 1.807) is 0 Å². The highest BCUT2D eigenvalue weighted by Gasteiger charge is 2.20. The van der Waals surface area contributed by atoms with Crippen molar-refractivity contribution in [3.63, 3.8) is 0 Å². The van der Waals surface area contributed by atoms with Gasteiger partial charge < -0.3 is 0 Å². The Bertz CT molecular complexity index is 968. The third kappa shape index (κ3) is 2.92. The van der Waals surface area contributed by atoms with Gasteiger partial charge >= 0.3 is 0 Å². The number of thiazole rings is 1. The molecule has 1 aromatic heterocycles. The van der Waals surface area contributed by atoms with Crippen LogP contribution in [0, 0.1) is 6.92 Å². The zero-order valence-electron chi connectivity index (χ0n) is 11.3. The maximum atomic E-state index is 12.4. The predicted octanol–water partition coefficient (Wildman–Crippen LogP) is 4.71. The number of hydrogen-bond donors (Lipinski definition) is 1. The van der Waals surface area contributed by atoms with Crippen molar-refractivity contribution in [2.45, 2.75) is 11.8 Å². The van der Waals surface area contributed by atoms with Gasteiger partial charge in [0.2, 0.25) is 0 Å². The first-order chi connectivity index (χ1) is 10.4. The Kier molecular flexibility index (Phi) is 4.03. The average Bonchev–Trinajstić information content (AvgIpc) is 2.84. The Morgan fingerprint density at radius 1 is 1.18 bits per heavy atom. The molecule has 0 unspecified atom stereocenters. The fourth-order valence-electron chi connectivity index (χ4n) is 1.98. The lowest BCUT2D eigenvalue weighted by Gasteiger charge is -2.07. The van der Waals surface area contributed by atoms with Crippen LogP contribution in [0.15, 0.2) is 41.3 Å². The van der Waals surface area contributed by atoms with Gasteiger partial charge in [0, 0.05) is 5.02 Å². The van der Waals surface area contributed by atoms with E-state index in [0.29, 0.717) is 10.2 Å². The number of para-hydroxylation sites is 1. The van der Waals surface area contributed by atoms with E-state index >= 15 is 0 Å². The van der Waals surface area contributed by atoms with Crippen LogP contribution < -0.4 is 4.72 Å². The second-order valence-electron chi connectivity index (χ2n) is 4.62. The summed E-state index contributed by atoms with van der Waals surface area (Å²) in [6.07, 6.45) is 0. The van der Waals surface area contributed by atoms with Crippen LogP contribution in [0.4, 0.5) is 5.13 Å². The highest BCUT2D eigenvalue weighted by molar-refractivity contribution is 7.93.